The van der Waals surface area contributed by atoms with E-state index in [2.05, 4.69) is 27.3 Å². The molecule has 0 aromatic carbocycles. The number of aliphatic imine (C=N–C) groups is 1. The number of nitrogens with zero attached hydrogens (tertiary/aromatic N) is 1. The van der Waals surface area contributed by atoms with Crippen LogP contribution in [-0.4, -0.2) is 41.1 Å². The molecule has 0 saturated heterocycles. The van der Waals surface area contributed by atoms with Gasteiger partial charge in [0, 0.05) is 26.7 Å². The second-order valence-electron chi connectivity index (χ2n) is 5.89. The van der Waals surface area contributed by atoms with Crippen molar-refractivity contribution in [1.29, 1.82) is 0 Å². The minimum absolute atomic E-state index is 0. The summed E-state index contributed by atoms with van der Waals surface area (Å²) in [5.41, 5.74) is 0.415. The molecule has 24 heavy (non-hydrogen) atoms. The molecule has 2 rings (SSSR count). The normalized spacial score (nSPS) is 16.8. The Bertz CT molecular complexity index is 608. The van der Waals surface area contributed by atoms with E-state index in [9.17, 15) is 8.42 Å². The number of rotatable bonds is 8. The van der Waals surface area contributed by atoms with Gasteiger partial charge in [-0.25, -0.2) is 13.1 Å². The van der Waals surface area contributed by atoms with Crippen LogP contribution in [-0.2, 0) is 10.0 Å². The highest BCUT2D eigenvalue weighted by Gasteiger charge is 2.34. The smallest absolute Gasteiger partial charge is 0.250 e. The molecule has 6 nitrogen and oxygen atoms in total. The van der Waals surface area contributed by atoms with Crippen molar-refractivity contribution in [3.8, 4) is 0 Å². The number of thiophene rings is 1. The third-order valence-corrected chi connectivity index (χ3v) is 7.35. The van der Waals surface area contributed by atoms with E-state index in [1.54, 1.807) is 24.6 Å². The van der Waals surface area contributed by atoms with Gasteiger partial charge in [-0.3, -0.25) is 4.99 Å². The highest BCUT2D eigenvalue weighted by Crippen LogP contribution is 2.42. The maximum Gasteiger partial charge on any atom is 0.250 e. The van der Waals surface area contributed by atoms with Crippen molar-refractivity contribution in [2.45, 2.75) is 36.8 Å². The van der Waals surface area contributed by atoms with Crippen molar-refractivity contribution < 1.29 is 8.42 Å². The molecule has 1 fully saturated rings. The molecular weight excluding hydrogens is 459 g/mol. The number of sulfonamides is 1. The first kappa shape index (κ1) is 21.7. The maximum absolute atomic E-state index is 12.0. The van der Waals surface area contributed by atoms with E-state index in [4.69, 9.17) is 0 Å². The molecule has 1 saturated carbocycles. The molecule has 1 aromatic heterocycles. The van der Waals surface area contributed by atoms with Gasteiger partial charge in [-0.05, 0) is 36.1 Å². The highest BCUT2D eigenvalue weighted by atomic mass is 127. The summed E-state index contributed by atoms with van der Waals surface area (Å²) in [6, 6.07) is 3.33. The van der Waals surface area contributed by atoms with Crippen LogP contribution >= 0.6 is 35.3 Å². The van der Waals surface area contributed by atoms with Gasteiger partial charge in [-0.2, -0.15) is 0 Å². The summed E-state index contributed by atoms with van der Waals surface area (Å²) in [7, 11) is -1.66. The quantitative estimate of drug-likeness (QED) is 0.228. The molecule has 1 aliphatic carbocycles. The fourth-order valence-corrected chi connectivity index (χ4v) is 4.75. The molecule has 0 radical (unpaired) electrons. The molecule has 0 spiro atoms. The minimum Gasteiger partial charge on any atom is -0.356 e. The van der Waals surface area contributed by atoms with Crippen LogP contribution in [0.4, 0.5) is 0 Å². The van der Waals surface area contributed by atoms with Gasteiger partial charge >= 0.3 is 0 Å². The third-order valence-electron chi connectivity index (χ3n) is 4.49. The van der Waals surface area contributed by atoms with Crippen LogP contribution in [0.2, 0.25) is 0 Å². The third kappa shape index (κ3) is 5.85. The van der Waals surface area contributed by atoms with Crippen molar-refractivity contribution in [3.63, 3.8) is 0 Å². The number of guanidine groups is 1. The maximum atomic E-state index is 12.0. The van der Waals surface area contributed by atoms with Gasteiger partial charge < -0.3 is 10.6 Å². The van der Waals surface area contributed by atoms with Crippen molar-refractivity contribution >= 4 is 51.3 Å². The Balaban J connectivity index is 0.00000288. The molecule has 1 aromatic rings. The predicted molar refractivity (Wildman–Crippen MR) is 111 cm³/mol. The summed E-state index contributed by atoms with van der Waals surface area (Å²) in [5.74, 6) is 0.722. The Hall–Kier alpha value is -0.390. The van der Waals surface area contributed by atoms with Crippen molar-refractivity contribution in [3.05, 3.63) is 17.5 Å². The van der Waals surface area contributed by atoms with Crippen molar-refractivity contribution in [2.75, 3.05) is 26.7 Å². The molecule has 1 aliphatic rings. The predicted octanol–water partition coefficient (Wildman–Crippen LogP) is 2.39. The second-order valence-corrected chi connectivity index (χ2v) is 8.83. The van der Waals surface area contributed by atoms with Crippen LogP contribution in [0.3, 0.4) is 0 Å². The monoisotopic (exact) mass is 486 g/mol. The average Bonchev–Trinajstić information content (AvgIpc) is 3.03. The zero-order valence-corrected chi connectivity index (χ0v) is 18.1. The first-order valence-corrected chi connectivity index (χ1v) is 10.4. The van der Waals surface area contributed by atoms with E-state index in [1.807, 2.05) is 0 Å². The second kappa shape index (κ2) is 9.93. The van der Waals surface area contributed by atoms with Crippen LogP contribution in [0, 0.1) is 5.41 Å². The van der Waals surface area contributed by atoms with Gasteiger partial charge in [0.25, 0.3) is 0 Å². The van der Waals surface area contributed by atoms with Crippen LogP contribution in [0.25, 0.3) is 0 Å². The summed E-state index contributed by atoms with van der Waals surface area (Å²) < 4.78 is 26.9. The molecule has 138 valence electrons. The lowest BCUT2D eigenvalue weighted by Crippen LogP contribution is -2.47. The Morgan fingerprint density at radius 3 is 2.58 bits per heavy atom. The lowest BCUT2D eigenvalue weighted by atomic mass is 9.67. The summed E-state index contributed by atoms with van der Waals surface area (Å²) in [4.78, 5) is 4.19. The summed E-state index contributed by atoms with van der Waals surface area (Å²) in [6.45, 7) is 3.96. The lowest BCUT2D eigenvalue weighted by Gasteiger charge is -2.41. The van der Waals surface area contributed by atoms with Gasteiger partial charge in [-0.15, -0.1) is 35.3 Å². The fourth-order valence-electron chi connectivity index (χ4n) is 2.68. The summed E-state index contributed by atoms with van der Waals surface area (Å²) >= 11 is 1.21. The Kier molecular flexibility index (Phi) is 8.96. The first-order valence-electron chi connectivity index (χ1n) is 7.99. The Labute approximate surface area is 166 Å². The molecule has 0 aliphatic heterocycles. The Morgan fingerprint density at radius 1 is 1.33 bits per heavy atom. The number of hydrogen-bond donors (Lipinski definition) is 3. The van der Waals surface area contributed by atoms with E-state index in [0.29, 0.717) is 22.7 Å². The Morgan fingerprint density at radius 2 is 2.08 bits per heavy atom. The number of nitrogens with one attached hydrogen (secondary N) is 3. The zero-order valence-electron chi connectivity index (χ0n) is 14.2. The highest BCUT2D eigenvalue weighted by molar-refractivity contribution is 14.0. The van der Waals surface area contributed by atoms with Crippen LogP contribution in [0.5, 0.6) is 0 Å². The largest absolute Gasteiger partial charge is 0.356 e. The lowest BCUT2D eigenvalue weighted by molar-refractivity contribution is 0.131. The van der Waals surface area contributed by atoms with Crippen LogP contribution in [0.1, 0.15) is 32.6 Å². The number of hydrogen-bond acceptors (Lipinski definition) is 4. The van der Waals surface area contributed by atoms with Gasteiger partial charge in [0.15, 0.2) is 5.96 Å². The van der Waals surface area contributed by atoms with E-state index in [-0.39, 0.29) is 24.0 Å². The van der Waals surface area contributed by atoms with E-state index in [0.717, 1.165) is 12.5 Å². The zero-order chi connectivity index (χ0) is 16.8. The van der Waals surface area contributed by atoms with Gasteiger partial charge in [-0.1, -0.05) is 19.4 Å². The number of halogens is 1. The van der Waals surface area contributed by atoms with Gasteiger partial charge in [0.2, 0.25) is 10.0 Å². The molecule has 0 atom stereocenters. The molecule has 3 N–H and O–H groups in total. The standard InChI is InChI=1S/C15H26N4O2S2.HI/c1-3-15(7-5-8-15)12-18-14(16-2)17-9-10-19-23(20,21)13-6-4-11-22-13;/h4,6,11,19H,3,5,7-10,12H2,1-2H3,(H2,16,17,18);1H. The van der Waals surface area contributed by atoms with E-state index in [1.165, 1.54) is 37.0 Å². The summed E-state index contributed by atoms with van der Waals surface area (Å²) in [6.07, 6.45) is 5.03. The molecule has 0 bridgehead atoms. The molecule has 0 unspecified atom stereocenters. The summed E-state index contributed by atoms with van der Waals surface area (Å²) in [5, 5.41) is 8.25. The average molecular weight is 486 g/mol. The topological polar surface area (TPSA) is 82.6 Å². The van der Waals surface area contributed by atoms with Crippen LogP contribution in [0.15, 0.2) is 26.7 Å². The fraction of sp³-hybridized carbons (Fsp3) is 0.667. The van der Waals surface area contributed by atoms with Gasteiger partial charge in [0.1, 0.15) is 4.21 Å². The van der Waals surface area contributed by atoms with E-state index < -0.39 is 10.0 Å². The van der Waals surface area contributed by atoms with Crippen LogP contribution < -0.4 is 15.4 Å². The van der Waals surface area contributed by atoms with Crippen molar-refractivity contribution in [1.82, 2.24) is 15.4 Å². The molecule has 1 heterocycles. The SMILES string of the molecule is CCC1(CNC(=NC)NCCNS(=O)(=O)c2cccs2)CCC1.I. The van der Waals surface area contributed by atoms with Gasteiger partial charge in [0.05, 0.1) is 0 Å². The molecule has 0 amide bonds. The molecular formula is C15H27IN4O2S2. The molecule has 9 heteroatoms. The first-order chi connectivity index (χ1) is 11.0. The minimum atomic E-state index is -3.39. The van der Waals surface area contributed by atoms with E-state index >= 15 is 0 Å². The van der Waals surface area contributed by atoms with Crippen molar-refractivity contribution in [2.24, 2.45) is 10.4 Å².